The van der Waals surface area contributed by atoms with Crippen molar-refractivity contribution in [3.05, 3.63) is 29.1 Å². The molecule has 4 rings (SSSR count). The predicted octanol–water partition coefficient (Wildman–Crippen LogP) is 0.413. The minimum absolute atomic E-state index is 0.00902. The lowest BCUT2D eigenvalue weighted by molar-refractivity contribution is -0.136. The maximum Gasteiger partial charge on any atom is 0.262 e. The number of halogens is 1. The highest BCUT2D eigenvalue weighted by Crippen LogP contribution is 2.34. The van der Waals surface area contributed by atoms with Gasteiger partial charge in [-0.3, -0.25) is 29.4 Å². The van der Waals surface area contributed by atoms with Gasteiger partial charge in [0.1, 0.15) is 11.9 Å². The van der Waals surface area contributed by atoms with Crippen molar-refractivity contribution >= 4 is 29.3 Å². The molecule has 0 aliphatic carbocycles. The number of fused-ring (bicyclic) bond motifs is 1. The highest BCUT2D eigenvalue weighted by atomic mass is 19.1. The van der Waals surface area contributed by atoms with Crippen LogP contribution in [0.25, 0.3) is 0 Å². The van der Waals surface area contributed by atoms with Gasteiger partial charge in [0.15, 0.2) is 0 Å². The fourth-order valence-electron chi connectivity index (χ4n) is 4.28. The summed E-state index contributed by atoms with van der Waals surface area (Å²) in [5.41, 5.74) is 0.307. The van der Waals surface area contributed by atoms with Gasteiger partial charge in [-0.25, -0.2) is 4.39 Å². The molecule has 1 aromatic rings. The second-order valence-corrected chi connectivity index (χ2v) is 7.56. The second kappa shape index (κ2) is 6.66. The first-order chi connectivity index (χ1) is 13.3. The molecule has 1 aromatic carbocycles. The summed E-state index contributed by atoms with van der Waals surface area (Å²) in [5, 5.41) is 5.41. The van der Waals surface area contributed by atoms with Crippen LogP contribution < -0.4 is 15.5 Å². The molecule has 0 radical (unpaired) electrons. The zero-order chi connectivity index (χ0) is 20.2. The number of rotatable bonds is 2. The summed E-state index contributed by atoms with van der Waals surface area (Å²) in [7, 11) is 0. The molecule has 0 bridgehead atoms. The lowest BCUT2D eigenvalue weighted by atomic mass is 10.0. The van der Waals surface area contributed by atoms with Crippen molar-refractivity contribution in [1.29, 1.82) is 0 Å². The van der Waals surface area contributed by atoms with Gasteiger partial charge >= 0.3 is 0 Å². The number of benzene rings is 1. The molecule has 8 nitrogen and oxygen atoms in total. The Morgan fingerprint density at radius 1 is 1.00 bits per heavy atom. The summed E-state index contributed by atoms with van der Waals surface area (Å²) in [5.74, 6) is -3.04. The van der Waals surface area contributed by atoms with Crippen molar-refractivity contribution in [2.24, 2.45) is 0 Å². The first-order valence-corrected chi connectivity index (χ1v) is 9.33. The van der Waals surface area contributed by atoms with Crippen molar-refractivity contribution in [3.8, 4) is 0 Å². The molecule has 2 fully saturated rings. The Hall–Kier alpha value is -2.81. The normalized spacial score (nSPS) is 27.9. The number of amides is 4. The number of piperazine rings is 1. The summed E-state index contributed by atoms with van der Waals surface area (Å²) >= 11 is 0. The number of piperidine rings is 1. The van der Waals surface area contributed by atoms with Gasteiger partial charge in [-0.2, -0.15) is 0 Å². The molecule has 0 spiro atoms. The number of anilines is 1. The van der Waals surface area contributed by atoms with E-state index in [1.807, 2.05) is 18.7 Å². The Morgan fingerprint density at radius 3 is 2.21 bits per heavy atom. The van der Waals surface area contributed by atoms with Crippen LogP contribution in [0.4, 0.5) is 10.1 Å². The van der Waals surface area contributed by atoms with Crippen LogP contribution in [0.2, 0.25) is 0 Å². The van der Waals surface area contributed by atoms with Gasteiger partial charge in [-0.05, 0) is 32.4 Å². The average Bonchev–Trinajstić information content (AvgIpc) is 2.86. The molecular weight excluding hydrogens is 367 g/mol. The molecule has 2 N–H and O–H groups in total. The van der Waals surface area contributed by atoms with Crippen LogP contribution in [0.15, 0.2) is 12.1 Å². The van der Waals surface area contributed by atoms with Gasteiger partial charge in [0, 0.05) is 31.6 Å². The van der Waals surface area contributed by atoms with Gasteiger partial charge in [-0.1, -0.05) is 0 Å². The van der Waals surface area contributed by atoms with Crippen LogP contribution in [-0.2, 0) is 9.59 Å². The van der Waals surface area contributed by atoms with Crippen molar-refractivity contribution in [2.75, 3.05) is 18.0 Å². The van der Waals surface area contributed by atoms with E-state index in [4.69, 9.17) is 0 Å². The summed E-state index contributed by atoms with van der Waals surface area (Å²) < 4.78 is 14.9. The average molecular weight is 388 g/mol. The number of hydrogen-bond acceptors (Lipinski definition) is 6. The quantitative estimate of drug-likeness (QED) is 0.713. The largest absolute Gasteiger partial charge is 0.361 e. The van der Waals surface area contributed by atoms with E-state index in [2.05, 4.69) is 10.6 Å². The van der Waals surface area contributed by atoms with E-state index >= 15 is 0 Å². The predicted molar refractivity (Wildman–Crippen MR) is 97.3 cm³/mol. The van der Waals surface area contributed by atoms with Gasteiger partial charge in [-0.15, -0.1) is 0 Å². The second-order valence-electron chi connectivity index (χ2n) is 7.56. The molecule has 3 unspecified atom stereocenters. The molecule has 3 heterocycles. The van der Waals surface area contributed by atoms with Crippen molar-refractivity contribution < 1.29 is 23.6 Å². The molecule has 0 aromatic heterocycles. The lowest BCUT2D eigenvalue weighted by Crippen LogP contribution is -2.55. The molecular formula is C19H21FN4O4. The minimum atomic E-state index is -1.06. The fraction of sp³-hybridized carbons (Fsp3) is 0.474. The van der Waals surface area contributed by atoms with Crippen LogP contribution in [-0.4, -0.2) is 59.7 Å². The highest BCUT2D eigenvalue weighted by molar-refractivity contribution is 6.23. The Balaban J connectivity index is 1.71. The molecule has 0 saturated carbocycles. The molecule has 9 heteroatoms. The number of hydrogen-bond donors (Lipinski definition) is 2. The number of nitrogens with one attached hydrogen (secondary N) is 2. The van der Waals surface area contributed by atoms with E-state index in [9.17, 15) is 23.6 Å². The Morgan fingerprint density at radius 2 is 1.61 bits per heavy atom. The maximum absolute atomic E-state index is 14.9. The highest BCUT2D eigenvalue weighted by Gasteiger charge is 2.45. The van der Waals surface area contributed by atoms with Crippen LogP contribution in [0.5, 0.6) is 0 Å². The van der Waals surface area contributed by atoms with Crippen LogP contribution >= 0.6 is 0 Å². The Kier molecular flexibility index (Phi) is 4.41. The molecule has 3 atom stereocenters. The standard InChI is InChI=1S/C19H21FN4O4/c1-9-7-21-8-10(2)23(9)15-6-12-11(5-13(15)20)18(27)24(19(12)28)14-3-4-16(25)22-17(14)26/h5-6,9-10,14,21H,3-4,7-8H2,1-2H3,(H,22,25,26). The Bertz CT molecular complexity index is 892. The van der Waals surface area contributed by atoms with Crippen molar-refractivity contribution in [2.45, 2.75) is 44.8 Å². The summed E-state index contributed by atoms with van der Waals surface area (Å²) in [6, 6.07) is 1.45. The molecule has 3 aliphatic heterocycles. The third-order valence-electron chi connectivity index (χ3n) is 5.61. The van der Waals surface area contributed by atoms with E-state index in [-0.39, 0.29) is 41.7 Å². The summed E-state index contributed by atoms with van der Waals surface area (Å²) in [6.07, 6.45) is 0.108. The van der Waals surface area contributed by atoms with E-state index in [0.717, 1.165) is 11.0 Å². The van der Waals surface area contributed by atoms with E-state index in [1.165, 1.54) is 6.07 Å². The molecule has 2 saturated heterocycles. The van der Waals surface area contributed by atoms with E-state index < -0.39 is 35.5 Å². The van der Waals surface area contributed by atoms with Crippen LogP contribution in [0.3, 0.4) is 0 Å². The first kappa shape index (κ1) is 18.5. The lowest BCUT2D eigenvalue weighted by Gasteiger charge is -2.41. The minimum Gasteiger partial charge on any atom is -0.361 e. The van der Waals surface area contributed by atoms with Gasteiger partial charge < -0.3 is 10.2 Å². The van der Waals surface area contributed by atoms with E-state index in [0.29, 0.717) is 13.1 Å². The monoisotopic (exact) mass is 388 g/mol. The van der Waals surface area contributed by atoms with Gasteiger partial charge in [0.05, 0.1) is 16.8 Å². The number of carbonyl (C=O) groups excluding carboxylic acids is 4. The van der Waals surface area contributed by atoms with Gasteiger partial charge in [0.25, 0.3) is 11.8 Å². The number of imide groups is 2. The Labute approximate surface area is 161 Å². The molecule has 148 valence electrons. The maximum atomic E-state index is 14.9. The topological polar surface area (TPSA) is 98.8 Å². The SMILES string of the molecule is CC1CNCC(C)N1c1cc2c(cc1F)C(=O)N(C1CCC(=O)NC1=O)C2=O. The number of carbonyl (C=O) groups is 4. The first-order valence-electron chi connectivity index (χ1n) is 9.33. The molecule has 28 heavy (non-hydrogen) atoms. The third kappa shape index (κ3) is 2.77. The zero-order valence-electron chi connectivity index (χ0n) is 15.6. The van der Waals surface area contributed by atoms with Crippen molar-refractivity contribution in [1.82, 2.24) is 15.5 Å². The third-order valence-corrected chi connectivity index (χ3v) is 5.61. The summed E-state index contributed by atoms with van der Waals surface area (Å²) in [6.45, 7) is 5.27. The van der Waals surface area contributed by atoms with Crippen molar-refractivity contribution in [3.63, 3.8) is 0 Å². The molecule has 4 amide bonds. The zero-order valence-corrected chi connectivity index (χ0v) is 15.6. The fourth-order valence-corrected chi connectivity index (χ4v) is 4.28. The van der Waals surface area contributed by atoms with Crippen LogP contribution in [0.1, 0.15) is 47.4 Å². The van der Waals surface area contributed by atoms with Crippen LogP contribution in [0, 0.1) is 5.82 Å². The number of nitrogens with zero attached hydrogens (tertiary/aromatic N) is 2. The smallest absolute Gasteiger partial charge is 0.262 e. The van der Waals surface area contributed by atoms with E-state index in [1.54, 1.807) is 0 Å². The summed E-state index contributed by atoms with van der Waals surface area (Å²) in [4.78, 5) is 51.9. The van der Waals surface area contributed by atoms with Gasteiger partial charge in [0.2, 0.25) is 11.8 Å². The molecule has 3 aliphatic rings.